The number of benzene rings is 2. The molecule has 9 heteroatoms. The molecule has 0 saturated carbocycles. The van der Waals surface area contributed by atoms with Gasteiger partial charge < -0.3 is 9.88 Å². The number of anilines is 1. The fourth-order valence-electron chi connectivity index (χ4n) is 3.08. The molecule has 2 heterocycles. The Morgan fingerprint density at radius 1 is 1.29 bits per heavy atom. The number of halogens is 2. The smallest absolute Gasteiger partial charge is 0.254 e. The zero-order chi connectivity index (χ0) is 19.7. The highest BCUT2D eigenvalue weighted by molar-refractivity contribution is 7.98. The number of H-pyrrole nitrogens is 1. The molecule has 1 unspecified atom stereocenters. The number of nitrogens with one attached hydrogen (secondary N) is 1. The topological polar surface area (TPSA) is 77.9 Å². The highest BCUT2D eigenvalue weighted by Gasteiger charge is 2.29. The summed E-state index contributed by atoms with van der Waals surface area (Å²) in [7, 11) is 0. The van der Waals surface area contributed by atoms with Gasteiger partial charge in [-0.2, -0.15) is 5.11 Å². The molecule has 1 N–H and O–H groups in total. The number of fused-ring (bicyclic) bond motifs is 1. The Morgan fingerprint density at radius 2 is 2.11 bits per heavy atom. The first-order valence-corrected chi connectivity index (χ1v) is 9.74. The van der Waals surface area contributed by atoms with E-state index in [0.29, 0.717) is 27.4 Å². The highest BCUT2D eigenvalue weighted by atomic mass is 35.5. The molecule has 2 aromatic carbocycles. The van der Waals surface area contributed by atoms with Crippen LogP contribution >= 0.6 is 23.5 Å². The number of hydrogen-bond acceptors (Lipinski definition) is 5. The SMILES string of the molecule is O=C(C1CSN=N1)N(Cc1cc(=O)[nH]c2c(F)cccc12)c1cccc(Cl)c1. The molecule has 28 heavy (non-hydrogen) atoms. The third-order valence-corrected chi connectivity index (χ3v) is 5.30. The number of aromatic nitrogens is 1. The van der Waals surface area contributed by atoms with Crippen LogP contribution in [0, 0.1) is 5.82 Å². The quantitative estimate of drug-likeness (QED) is 0.643. The lowest BCUT2D eigenvalue weighted by Gasteiger charge is -2.25. The van der Waals surface area contributed by atoms with Crippen molar-refractivity contribution in [3.63, 3.8) is 0 Å². The highest BCUT2D eigenvalue weighted by Crippen LogP contribution is 2.27. The summed E-state index contributed by atoms with van der Waals surface area (Å²) in [5.74, 6) is -0.348. The summed E-state index contributed by atoms with van der Waals surface area (Å²) in [5.41, 5.74) is 0.755. The largest absolute Gasteiger partial charge is 0.319 e. The average molecular weight is 417 g/mol. The molecule has 142 valence electrons. The van der Waals surface area contributed by atoms with Crippen molar-refractivity contribution in [3.05, 3.63) is 75.3 Å². The van der Waals surface area contributed by atoms with Crippen LogP contribution in [-0.2, 0) is 11.3 Å². The average Bonchev–Trinajstić information content (AvgIpc) is 3.21. The van der Waals surface area contributed by atoms with Crippen LogP contribution in [0.1, 0.15) is 5.56 Å². The van der Waals surface area contributed by atoms with E-state index in [2.05, 4.69) is 14.6 Å². The van der Waals surface area contributed by atoms with Gasteiger partial charge in [0.05, 0.1) is 17.8 Å². The van der Waals surface area contributed by atoms with Crippen LogP contribution in [0.2, 0.25) is 5.02 Å². The lowest BCUT2D eigenvalue weighted by Crippen LogP contribution is -2.38. The zero-order valence-electron chi connectivity index (χ0n) is 14.4. The van der Waals surface area contributed by atoms with Gasteiger partial charge >= 0.3 is 0 Å². The molecule has 1 atom stereocenters. The lowest BCUT2D eigenvalue weighted by molar-refractivity contribution is -0.119. The molecule has 4 rings (SSSR count). The number of nitrogens with zero attached hydrogens (tertiary/aromatic N) is 3. The summed E-state index contributed by atoms with van der Waals surface area (Å²) in [6, 6.07) is 12.1. The molecule has 1 amide bonds. The van der Waals surface area contributed by atoms with Crippen LogP contribution in [0.5, 0.6) is 0 Å². The van der Waals surface area contributed by atoms with Crippen molar-refractivity contribution in [2.75, 3.05) is 10.7 Å². The summed E-state index contributed by atoms with van der Waals surface area (Å²) >= 11 is 7.33. The second-order valence-electron chi connectivity index (χ2n) is 6.23. The van der Waals surface area contributed by atoms with Gasteiger partial charge in [0.1, 0.15) is 5.82 Å². The van der Waals surface area contributed by atoms with E-state index in [-0.39, 0.29) is 18.0 Å². The molecule has 3 aromatic rings. The second kappa shape index (κ2) is 7.73. The number of pyridine rings is 1. The van der Waals surface area contributed by atoms with E-state index >= 15 is 0 Å². The Morgan fingerprint density at radius 3 is 2.86 bits per heavy atom. The number of hydrogen-bond donors (Lipinski definition) is 1. The standard InChI is InChI=1S/C19H14ClFN4O2S/c20-12-3-1-4-13(8-12)25(19(27)16-10-28-24-23-16)9-11-7-17(26)22-18-14(11)5-2-6-15(18)21/h1-8,16H,9-10H2,(H,22,26). The first-order valence-electron chi connectivity index (χ1n) is 8.42. The van der Waals surface area contributed by atoms with Gasteiger partial charge in [-0.1, -0.05) is 29.8 Å². The second-order valence-corrected chi connectivity index (χ2v) is 7.43. The van der Waals surface area contributed by atoms with E-state index in [0.717, 1.165) is 0 Å². The number of para-hydroxylation sites is 1. The van der Waals surface area contributed by atoms with Crippen LogP contribution in [0.15, 0.2) is 63.0 Å². The first kappa shape index (κ1) is 18.6. The minimum absolute atomic E-state index is 0.0692. The van der Waals surface area contributed by atoms with Crippen molar-refractivity contribution in [2.45, 2.75) is 12.6 Å². The van der Waals surface area contributed by atoms with E-state index in [4.69, 9.17) is 11.6 Å². The summed E-state index contributed by atoms with van der Waals surface area (Å²) in [6.45, 7) is 0.0692. The molecule has 1 aromatic heterocycles. The Bertz CT molecular complexity index is 1150. The number of rotatable bonds is 4. The lowest BCUT2D eigenvalue weighted by atomic mass is 10.1. The number of carbonyl (C=O) groups excluding carboxylic acids is 1. The minimum Gasteiger partial charge on any atom is -0.319 e. The van der Waals surface area contributed by atoms with Gasteiger partial charge in [0, 0.05) is 34.1 Å². The van der Waals surface area contributed by atoms with Crippen LogP contribution in [-0.4, -0.2) is 22.7 Å². The van der Waals surface area contributed by atoms with Crippen molar-refractivity contribution in [2.24, 2.45) is 9.63 Å². The van der Waals surface area contributed by atoms with E-state index in [1.165, 1.54) is 29.0 Å². The maximum Gasteiger partial charge on any atom is 0.254 e. The van der Waals surface area contributed by atoms with E-state index < -0.39 is 17.4 Å². The third kappa shape index (κ3) is 3.65. The van der Waals surface area contributed by atoms with Crippen LogP contribution in [0.3, 0.4) is 0 Å². The number of aromatic amines is 1. The molecule has 6 nitrogen and oxygen atoms in total. The molecule has 0 fully saturated rings. The maximum absolute atomic E-state index is 14.2. The van der Waals surface area contributed by atoms with E-state index in [1.807, 2.05) is 0 Å². The van der Waals surface area contributed by atoms with Gasteiger partial charge in [-0.3, -0.25) is 9.59 Å². The monoisotopic (exact) mass is 416 g/mol. The first-order chi connectivity index (χ1) is 13.5. The van der Waals surface area contributed by atoms with Gasteiger partial charge in [-0.15, -0.1) is 4.52 Å². The normalized spacial score (nSPS) is 15.9. The van der Waals surface area contributed by atoms with E-state index in [1.54, 1.807) is 36.4 Å². The van der Waals surface area contributed by atoms with Crippen molar-refractivity contribution >= 4 is 46.0 Å². The van der Waals surface area contributed by atoms with Gasteiger partial charge in [-0.05, 0) is 29.8 Å². The van der Waals surface area contributed by atoms with Gasteiger partial charge in [0.15, 0.2) is 6.04 Å². The summed E-state index contributed by atoms with van der Waals surface area (Å²) in [6.07, 6.45) is 0. The Hall–Kier alpha value is -2.71. The summed E-state index contributed by atoms with van der Waals surface area (Å²) < 4.78 is 18.0. The van der Waals surface area contributed by atoms with Crippen molar-refractivity contribution < 1.29 is 9.18 Å². The van der Waals surface area contributed by atoms with Crippen molar-refractivity contribution in [1.29, 1.82) is 0 Å². The third-order valence-electron chi connectivity index (χ3n) is 4.39. The molecule has 0 aliphatic carbocycles. The molecular weight excluding hydrogens is 403 g/mol. The molecule has 0 bridgehead atoms. The number of amides is 1. The molecule has 0 saturated heterocycles. The predicted octanol–water partition coefficient (Wildman–Crippen LogP) is 4.34. The fraction of sp³-hybridized carbons (Fsp3) is 0.158. The van der Waals surface area contributed by atoms with Crippen LogP contribution in [0.25, 0.3) is 10.9 Å². The molecule has 1 aliphatic rings. The van der Waals surface area contributed by atoms with Gasteiger partial charge in [0.25, 0.3) is 5.91 Å². The Kier molecular flexibility index (Phi) is 5.15. The van der Waals surface area contributed by atoms with Crippen LogP contribution < -0.4 is 10.5 Å². The van der Waals surface area contributed by atoms with Gasteiger partial charge in [-0.25, -0.2) is 4.39 Å². The fourth-order valence-corrected chi connectivity index (χ4v) is 3.87. The molecule has 0 spiro atoms. The Labute approximate surface area is 168 Å². The Balaban J connectivity index is 1.81. The summed E-state index contributed by atoms with van der Waals surface area (Å²) in [4.78, 5) is 29.2. The van der Waals surface area contributed by atoms with Gasteiger partial charge in [0.2, 0.25) is 5.56 Å². The van der Waals surface area contributed by atoms with Crippen molar-refractivity contribution in [1.82, 2.24) is 4.98 Å². The van der Waals surface area contributed by atoms with E-state index in [9.17, 15) is 14.0 Å². The molecule has 1 aliphatic heterocycles. The summed E-state index contributed by atoms with van der Waals surface area (Å²) in [5, 5.41) is 4.98. The van der Waals surface area contributed by atoms with Crippen molar-refractivity contribution in [3.8, 4) is 0 Å². The molecular formula is C19H14ClFN4O2S. The maximum atomic E-state index is 14.2. The zero-order valence-corrected chi connectivity index (χ0v) is 16.0. The molecule has 0 radical (unpaired) electrons. The van der Waals surface area contributed by atoms with Crippen LogP contribution in [0.4, 0.5) is 10.1 Å². The number of carbonyl (C=O) groups is 1. The predicted molar refractivity (Wildman–Crippen MR) is 108 cm³/mol. The minimum atomic E-state index is -0.617.